The van der Waals surface area contributed by atoms with E-state index < -0.39 is 0 Å². The van der Waals surface area contributed by atoms with Crippen molar-refractivity contribution in [2.75, 3.05) is 12.4 Å². The largest absolute Gasteiger partial charge is 0.456 e. The smallest absolute Gasteiger partial charge is 0.146 e. The van der Waals surface area contributed by atoms with Gasteiger partial charge >= 0.3 is 0 Å². The third-order valence-corrected chi connectivity index (χ3v) is 2.77. The van der Waals surface area contributed by atoms with Gasteiger partial charge in [0.05, 0.1) is 5.02 Å². The van der Waals surface area contributed by atoms with E-state index in [1.54, 1.807) is 18.2 Å². The Bertz CT molecular complexity index is 588. The molecular formula is C14H11ClN2O. The first-order valence-electron chi connectivity index (χ1n) is 5.39. The van der Waals surface area contributed by atoms with Crippen LogP contribution < -0.4 is 10.1 Å². The van der Waals surface area contributed by atoms with Crippen molar-refractivity contribution in [2.45, 2.75) is 0 Å². The van der Waals surface area contributed by atoms with E-state index in [2.05, 4.69) is 5.32 Å². The predicted molar refractivity (Wildman–Crippen MR) is 72.2 cm³/mol. The lowest BCUT2D eigenvalue weighted by Crippen LogP contribution is -1.90. The number of anilines is 1. The zero-order valence-corrected chi connectivity index (χ0v) is 10.5. The van der Waals surface area contributed by atoms with Crippen molar-refractivity contribution in [3.8, 4) is 17.6 Å². The standard InChI is InChI=1S/C14H11ClN2O/c1-17-10-5-7-11(8-6-10)18-14-4-2-3-13(15)12(14)9-16/h2-8,17H,1H3. The van der Waals surface area contributed by atoms with E-state index in [0.717, 1.165) is 5.69 Å². The van der Waals surface area contributed by atoms with E-state index in [0.29, 0.717) is 22.1 Å². The van der Waals surface area contributed by atoms with Gasteiger partial charge in [0, 0.05) is 12.7 Å². The molecule has 0 bridgehead atoms. The predicted octanol–water partition coefficient (Wildman–Crippen LogP) is 4.05. The van der Waals surface area contributed by atoms with Crippen LogP contribution in [0.15, 0.2) is 42.5 Å². The highest BCUT2D eigenvalue weighted by Crippen LogP contribution is 2.30. The van der Waals surface area contributed by atoms with Crippen molar-refractivity contribution in [3.63, 3.8) is 0 Å². The Labute approximate surface area is 111 Å². The summed E-state index contributed by atoms with van der Waals surface area (Å²) in [4.78, 5) is 0. The highest BCUT2D eigenvalue weighted by molar-refractivity contribution is 6.31. The first kappa shape index (κ1) is 12.3. The molecule has 4 heteroatoms. The second-order valence-electron chi connectivity index (χ2n) is 3.60. The van der Waals surface area contributed by atoms with E-state index in [4.69, 9.17) is 21.6 Å². The maximum atomic E-state index is 9.04. The molecule has 2 aromatic rings. The van der Waals surface area contributed by atoms with Crippen molar-refractivity contribution < 1.29 is 4.74 Å². The van der Waals surface area contributed by atoms with Crippen LogP contribution >= 0.6 is 11.6 Å². The number of hydrogen-bond acceptors (Lipinski definition) is 3. The molecule has 3 nitrogen and oxygen atoms in total. The van der Waals surface area contributed by atoms with Gasteiger partial charge in [-0.05, 0) is 36.4 Å². The lowest BCUT2D eigenvalue weighted by molar-refractivity contribution is 0.481. The molecule has 0 spiro atoms. The number of nitriles is 1. The van der Waals surface area contributed by atoms with Crippen LogP contribution in [0.5, 0.6) is 11.5 Å². The maximum absolute atomic E-state index is 9.04. The molecule has 1 N–H and O–H groups in total. The van der Waals surface area contributed by atoms with Gasteiger partial charge in [0.2, 0.25) is 0 Å². The Balaban J connectivity index is 2.28. The molecule has 0 saturated heterocycles. The lowest BCUT2D eigenvalue weighted by Gasteiger charge is -2.08. The Kier molecular flexibility index (Phi) is 3.71. The van der Waals surface area contributed by atoms with E-state index in [9.17, 15) is 0 Å². The van der Waals surface area contributed by atoms with Crippen LogP contribution in [0.25, 0.3) is 0 Å². The fourth-order valence-electron chi connectivity index (χ4n) is 1.51. The van der Waals surface area contributed by atoms with E-state index in [1.807, 2.05) is 37.4 Å². The monoisotopic (exact) mass is 258 g/mol. The van der Waals surface area contributed by atoms with Gasteiger partial charge in [0.1, 0.15) is 23.1 Å². The summed E-state index contributed by atoms with van der Waals surface area (Å²) in [6.07, 6.45) is 0. The van der Waals surface area contributed by atoms with Crippen molar-refractivity contribution in [3.05, 3.63) is 53.1 Å². The normalized spacial score (nSPS) is 9.61. The lowest BCUT2D eigenvalue weighted by atomic mass is 10.2. The van der Waals surface area contributed by atoms with Crippen LogP contribution in [0.4, 0.5) is 5.69 Å². The Morgan fingerprint density at radius 2 is 1.89 bits per heavy atom. The molecule has 0 heterocycles. The summed E-state index contributed by atoms with van der Waals surface area (Å²) in [5.41, 5.74) is 1.34. The number of hydrogen-bond donors (Lipinski definition) is 1. The van der Waals surface area contributed by atoms with Gasteiger partial charge in [-0.3, -0.25) is 0 Å². The number of benzene rings is 2. The molecule has 0 amide bonds. The SMILES string of the molecule is CNc1ccc(Oc2cccc(Cl)c2C#N)cc1. The van der Waals surface area contributed by atoms with Gasteiger partial charge in [-0.2, -0.15) is 5.26 Å². The van der Waals surface area contributed by atoms with Gasteiger partial charge in [0.25, 0.3) is 0 Å². The van der Waals surface area contributed by atoms with E-state index in [1.165, 1.54) is 0 Å². The minimum atomic E-state index is 0.344. The van der Waals surface area contributed by atoms with Gasteiger partial charge in [0.15, 0.2) is 0 Å². The molecular weight excluding hydrogens is 248 g/mol. The van der Waals surface area contributed by atoms with Crippen molar-refractivity contribution in [2.24, 2.45) is 0 Å². The molecule has 0 radical (unpaired) electrons. The molecule has 18 heavy (non-hydrogen) atoms. The molecule has 2 aromatic carbocycles. The molecule has 0 unspecified atom stereocenters. The molecule has 90 valence electrons. The summed E-state index contributed by atoms with van der Waals surface area (Å²) >= 11 is 5.93. The van der Waals surface area contributed by atoms with Crippen molar-refractivity contribution in [1.82, 2.24) is 0 Å². The fraction of sp³-hybridized carbons (Fsp3) is 0.0714. The van der Waals surface area contributed by atoms with Crippen molar-refractivity contribution in [1.29, 1.82) is 5.26 Å². The van der Waals surface area contributed by atoms with E-state index >= 15 is 0 Å². The van der Waals surface area contributed by atoms with Gasteiger partial charge in [-0.25, -0.2) is 0 Å². The maximum Gasteiger partial charge on any atom is 0.146 e. The summed E-state index contributed by atoms with van der Waals surface area (Å²) in [6, 6.07) is 14.6. The second kappa shape index (κ2) is 5.44. The number of halogens is 1. The minimum absolute atomic E-state index is 0.344. The molecule has 0 aromatic heterocycles. The van der Waals surface area contributed by atoms with Crippen molar-refractivity contribution >= 4 is 17.3 Å². The van der Waals surface area contributed by atoms with Gasteiger partial charge in [-0.15, -0.1) is 0 Å². The molecule has 0 aliphatic rings. The molecule has 0 fully saturated rings. The topological polar surface area (TPSA) is 45.0 Å². The Morgan fingerprint density at radius 3 is 2.50 bits per heavy atom. The Morgan fingerprint density at radius 1 is 1.17 bits per heavy atom. The number of rotatable bonds is 3. The molecule has 0 aliphatic heterocycles. The zero-order valence-electron chi connectivity index (χ0n) is 9.77. The summed E-state index contributed by atoms with van der Waals surface area (Å²) in [5.74, 6) is 1.12. The number of nitrogens with one attached hydrogen (secondary N) is 1. The minimum Gasteiger partial charge on any atom is -0.456 e. The molecule has 0 saturated carbocycles. The van der Waals surface area contributed by atoms with Crippen LogP contribution in [0.3, 0.4) is 0 Å². The number of nitrogens with zero attached hydrogens (tertiary/aromatic N) is 1. The average Bonchev–Trinajstić information content (AvgIpc) is 2.40. The first-order chi connectivity index (χ1) is 8.74. The van der Waals surface area contributed by atoms with Crippen LogP contribution in [-0.4, -0.2) is 7.05 Å². The third-order valence-electron chi connectivity index (χ3n) is 2.46. The van der Waals surface area contributed by atoms with Crippen LogP contribution in [-0.2, 0) is 0 Å². The van der Waals surface area contributed by atoms with Crippen LogP contribution in [0.1, 0.15) is 5.56 Å². The third kappa shape index (κ3) is 2.55. The zero-order chi connectivity index (χ0) is 13.0. The summed E-state index contributed by atoms with van der Waals surface area (Å²) in [7, 11) is 1.85. The molecule has 0 atom stereocenters. The average molecular weight is 259 g/mol. The van der Waals surface area contributed by atoms with Crippen LogP contribution in [0.2, 0.25) is 5.02 Å². The quantitative estimate of drug-likeness (QED) is 0.903. The van der Waals surface area contributed by atoms with E-state index in [-0.39, 0.29) is 0 Å². The van der Waals surface area contributed by atoms with Gasteiger partial charge < -0.3 is 10.1 Å². The fourth-order valence-corrected chi connectivity index (χ4v) is 1.72. The number of ether oxygens (including phenoxy) is 1. The summed E-state index contributed by atoms with van der Waals surface area (Å²) in [6.45, 7) is 0. The Hall–Kier alpha value is -2.18. The molecule has 2 rings (SSSR count). The van der Waals surface area contributed by atoms with Crippen LogP contribution in [0, 0.1) is 11.3 Å². The first-order valence-corrected chi connectivity index (χ1v) is 5.76. The molecule has 0 aliphatic carbocycles. The highest BCUT2D eigenvalue weighted by atomic mass is 35.5. The second-order valence-corrected chi connectivity index (χ2v) is 4.01. The summed E-state index contributed by atoms with van der Waals surface area (Å²) in [5, 5.41) is 12.4. The summed E-state index contributed by atoms with van der Waals surface area (Å²) < 4.78 is 5.65. The van der Waals surface area contributed by atoms with Gasteiger partial charge in [-0.1, -0.05) is 17.7 Å². The highest BCUT2D eigenvalue weighted by Gasteiger charge is 2.08.